The Balaban J connectivity index is 1.84. The molecular weight excluding hydrogens is 512 g/mol. The number of carbonyl (C=O) groups excluding carboxylic acids is 1. The van der Waals surface area contributed by atoms with Crippen molar-refractivity contribution in [2.24, 2.45) is 7.05 Å². The zero-order valence-electron chi connectivity index (χ0n) is 20.9. The van der Waals surface area contributed by atoms with Crippen molar-refractivity contribution in [1.82, 2.24) is 9.47 Å². The van der Waals surface area contributed by atoms with Crippen LogP contribution in [-0.4, -0.2) is 36.0 Å². The van der Waals surface area contributed by atoms with E-state index in [0.717, 1.165) is 11.3 Å². The van der Waals surface area contributed by atoms with Gasteiger partial charge in [-0.05, 0) is 42.2 Å². The Morgan fingerprint density at radius 2 is 1.53 bits per heavy atom. The molecule has 202 valence electrons. The fraction of sp³-hybridized carbons (Fsp3) is 0.333. The molecule has 0 fully saturated rings. The number of hydrogen-bond acceptors (Lipinski definition) is 3. The summed E-state index contributed by atoms with van der Waals surface area (Å²) in [5.41, 5.74) is -1.35. The number of anilines is 1. The largest absolute Gasteiger partial charge is 0.416 e. The number of benzene rings is 2. The number of nitrogens with zero attached hydrogens (tertiary/aromatic N) is 3. The molecule has 0 bridgehead atoms. The van der Waals surface area contributed by atoms with Crippen molar-refractivity contribution in [3.8, 4) is 11.1 Å². The third-order valence-corrected chi connectivity index (χ3v) is 6.64. The van der Waals surface area contributed by atoms with Crippen LogP contribution >= 0.6 is 0 Å². The van der Waals surface area contributed by atoms with Crippen LogP contribution in [0.15, 0.2) is 53.3 Å². The third kappa shape index (κ3) is 5.14. The van der Waals surface area contributed by atoms with Gasteiger partial charge in [0.1, 0.15) is 5.69 Å². The van der Waals surface area contributed by atoms with Gasteiger partial charge in [-0.3, -0.25) is 9.59 Å². The average Bonchev–Trinajstić information content (AvgIpc) is 2.85. The van der Waals surface area contributed by atoms with Gasteiger partial charge in [-0.25, -0.2) is 0 Å². The minimum atomic E-state index is -5.01. The predicted octanol–water partition coefficient (Wildman–Crippen LogP) is 5.74. The second-order valence-corrected chi connectivity index (χ2v) is 9.38. The zero-order valence-corrected chi connectivity index (χ0v) is 20.9. The third-order valence-electron chi connectivity index (χ3n) is 6.64. The molecular formula is C27H25F6N3O2. The topological polar surface area (TPSA) is 45.6 Å². The minimum absolute atomic E-state index is 0.000721. The Bertz CT molecular complexity index is 1400. The highest BCUT2D eigenvalue weighted by molar-refractivity contribution is 6.03. The second-order valence-electron chi connectivity index (χ2n) is 9.38. The van der Waals surface area contributed by atoms with Gasteiger partial charge in [0.25, 0.3) is 11.5 Å². The standard InChI is InChI=1S/C27H25F6N3O2/c1-34-11-7-10-20-22(34)21(17-8-5-4-6-9-17)23(36(3)24(20)37)25(38)35(2)15-16-12-18(26(28,29)30)14-19(13-16)27(31,32)33/h4-6,8-9,12-14H,7,10-11,15H2,1-3H3. The summed E-state index contributed by atoms with van der Waals surface area (Å²) in [4.78, 5) is 30.0. The summed E-state index contributed by atoms with van der Waals surface area (Å²) in [6.45, 7) is 0.106. The van der Waals surface area contributed by atoms with Gasteiger partial charge in [0.2, 0.25) is 0 Å². The zero-order chi connectivity index (χ0) is 28.0. The molecule has 1 amide bonds. The maximum absolute atomic E-state index is 13.8. The number of halogens is 6. The average molecular weight is 538 g/mol. The van der Waals surface area contributed by atoms with E-state index in [1.165, 1.54) is 18.7 Å². The number of alkyl halides is 6. The Morgan fingerprint density at radius 1 is 0.947 bits per heavy atom. The van der Waals surface area contributed by atoms with E-state index in [1.54, 1.807) is 30.3 Å². The van der Waals surface area contributed by atoms with E-state index in [9.17, 15) is 35.9 Å². The van der Waals surface area contributed by atoms with Crippen molar-refractivity contribution < 1.29 is 31.1 Å². The SMILES string of the molecule is CN(Cc1cc(C(F)(F)F)cc(C(F)(F)F)c1)C(=O)c1c(-c2ccccc2)c2c(c(=O)n1C)CCCN2C. The summed E-state index contributed by atoms with van der Waals surface area (Å²) in [7, 11) is 4.53. The second kappa shape index (κ2) is 9.85. The number of amides is 1. The Labute approximate surface area is 214 Å². The quantitative estimate of drug-likeness (QED) is 0.399. The van der Waals surface area contributed by atoms with Crippen LogP contribution in [0.3, 0.4) is 0 Å². The first-order chi connectivity index (χ1) is 17.7. The van der Waals surface area contributed by atoms with Gasteiger partial charge in [-0.1, -0.05) is 30.3 Å². The molecule has 0 radical (unpaired) electrons. The van der Waals surface area contributed by atoms with Crippen molar-refractivity contribution >= 4 is 11.6 Å². The number of pyridine rings is 1. The van der Waals surface area contributed by atoms with Gasteiger partial charge in [0.15, 0.2) is 0 Å². The van der Waals surface area contributed by atoms with Crippen molar-refractivity contribution in [1.29, 1.82) is 0 Å². The lowest BCUT2D eigenvalue weighted by Crippen LogP contribution is -2.38. The van der Waals surface area contributed by atoms with E-state index >= 15 is 0 Å². The number of carbonyl (C=O) groups is 1. The smallest absolute Gasteiger partial charge is 0.374 e. The van der Waals surface area contributed by atoms with Crippen molar-refractivity contribution in [2.75, 3.05) is 25.5 Å². The molecule has 2 aromatic carbocycles. The van der Waals surface area contributed by atoms with Gasteiger partial charge in [-0.2, -0.15) is 26.3 Å². The summed E-state index contributed by atoms with van der Waals surface area (Å²) < 4.78 is 81.3. The van der Waals surface area contributed by atoms with Gasteiger partial charge in [-0.15, -0.1) is 0 Å². The number of fused-ring (bicyclic) bond motifs is 1. The highest BCUT2D eigenvalue weighted by Crippen LogP contribution is 2.39. The minimum Gasteiger partial charge on any atom is -0.374 e. The lowest BCUT2D eigenvalue weighted by molar-refractivity contribution is -0.143. The first-order valence-corrected chi connectivity index (χ1v) is 11.8. The van der Waals surface area contributed by atoms with E-state index in [4.69, 9.17) is 0 Å². The van der Waals surface area contributed by atoms with Crippen molar-refractivity contribution in [2.45, 2.75) is 31.7 Å². The van der Waals surface area contributed by atoms with Crippen LogP contribution in [0.4, 0.5) is 32.0 Å². The van der Waals surface area contributed by atoms with Crippen LogP contribution in [0, 0.1) is 0 Å². The lowest BCUT2D eigenvalue weighted by atomic mass is 9.93. The Hall–Kier alpha value is -3.76. The highest BCUT2D eigenvalue weighted by atomic mass is 19.4. The molecule has 0 spiro atoms. The van der Waals surface area contributed by atoms with Crippen molar-refractivity contribution in [3.63, 3.8) is 0 Å². The van der Waals surface area contributed by atoms with E-state index in [0.29, 0.717) is 47.5 Å². The summed E-state index contributed by atoms with van der Waals surface area (Å²) >= 11 is 0. The summed E-state index contributed by atoms with van der Waals surface area (Å²) in [5, 5.41) is 0. The maximum Gasteiger partial charge on any atom is 0.416 e. The molecule has 0 aliphatic carbocycles. The Kier molecular flexibility index (Phi) is 7.07. The van der Waals surface area contributed by atoms with Crippen LogP contribution in [0.1, 0.15) is 39.2 Å². The molecule has 1 aliphatic rings. The number of hydrogen-bond donors (Lipinski definition) is 0. The molecule has 0 saturated carbocycles. The van der Waals surface area contributed by atoms with E-state index < -0.39 is 35.9 Å². The van der Waals surface area contributed by atoms with Crippen LogP contribution in [-0.2, 0) is 32.4 Å². The fourth-order valence-electron chi connectivity index (χ4n) is 4.85. The predicted molar refractivity (Wildman–Crippen MR) is 131 cm³/mol. The molecule has 0 atom stereocenters. The molecule has 1 aromatic heterocycles. The molecule has 2 heterocycles. The van der Waals surface area contributed by atoms with E-state index in [1.807, 2.05) is 11.9 Å². The van der Waals surface area contributed by atoms with Crippen LogP contribution in [0.5, 0.6) is 0 Å². The van der Waals surface area contributed by atoms with Gasteiger partial charge >= 0.3 is 12.4 Å². The first-order valence-electron chi connectivity index (χ1n) is 11.8. The monoisotopic (exact) mass is 537 g/mol. The summed E-state index contributed by atoms with van der Waals surface area (Å²) in [5.74, 6) is -0.712. The number of rotatable bonds is 4. The molecule has 38 heavy (non-hydrogen) atoms. The van der Waals surface area contributed by atoms with Gasteiger partial charge in [0.05, 0.1) is 16.8 Å². The summed E-state index contributed by atoms with van der Waals surface area (Å²) in [6.07, 6.45) is -8.75. The first kappa shape index (κ1) is 27.3. The molecule has 0 N–H and O–H groups in total. The van der Waals surface area contributed by atoms with Gasteiger partial charge in [0, 0.05) is 45.4 Å². The van der Waals surface area contributed by atoms with Gasteiger partial charge < -0.3 is 14.4 Å². The maximum atomic E-state index is 13.8. The molecule has 0 saturated heterocycles. The Morgan fingerprint density at radius 3 is 2.08 bits per heavy atom. The lowest BCUT2D eigenvalue weighted by Gasteiger charge is -2.32. The molecule has 0 unspecified atom stereocenters. The molecule has 11 heteroatoms. The van der Waals surface area contributed by atoms with Crippen LogP contribution in [0.2, 0.25) is 0 Å². The fourth-order valence-corrected chi connectivity index (χ4v) is 4.85. The summed E-state index contributed by atoms with van der Waals surface area (Å²) in [6, 6.07) is 10.1. The molecule has 3 aromatic rings. The normalized spacial score (nSPS) is 13.9. The van der Waals surface area contributed by atoms with Crippen LogP contribution in [0.25, 0.3) is 11.1 Å². The highest BCUT2D eigenvalue weighted by Gasteiger charge is 2.37. The van der Waals surface area contributed by atoms with E-state index in [2.05, 4.69) is 0 Å². The molecule has 5 nitrogen and oxygen atoms in total. The molecule has 4 rings (SSSR count). The van der Waals surface area contributed by atoms with Crippen molar-refractivity contribution in [3.05, 3.63) is 86.8 Å². The van der Waals surface area contributed by atoms with E-state index in [-0.39, 0.29) is 22.9 Å². The van der Waals surface area contributed by atoms with Crippen LogP contribution < -0.4 is 10.5 Å². The molecule has 1 aliphatic heterocycles. The number of aromatic nitrogens is 1.